The maximum absolute atomic E-state index is 12.9. The van der Waals surface area contributed by atoms with Crippen LogP contribution in [0.4, 0.5) is 0 Å². The molecule has 2 aliphatic heterocycles. The summed E-state index contributed by atoms with van der Waals surface area (Å²) < 4.78 is 11.7. The van der Waals surface area contributed by atoms with Gasteiger partial charge in [-0.25, -0.2) is 9.59 Å². The van der Waals surface area contributed by atoms with E-state index in [1.165, 1.54) is 28.8 Å². The van der Waals surface area contributed by atoms with Gasteiger partial charge in [0.25, 0.3) is 0 Å². The number of aliphatic hydroxyl groups excluding tert-OH is 1. The Morgan fingerprint density at radius 1 is 1.21 bits per heavy atom. The summed E-state index contributed by atoms with van der Waals surface area (Å²) in [7, 11) is -2.11. The normalized spacial score (nSPS) is 21.5. The average molecular weight is 494 g/mol. The molecule has 1 saturated heterocycles. The predicted octanol–water partition coefficient (Wildman–Crippen LogP) is 3.57. The lowest BCUT2D eigenvalue weighted by atomic mass is 9.92. The van der Waals surface area contributed by atoms with Crippen molar-refractivity contribution in [2.45, 2.75) is 63.9 Å². The number of aliphatic carboxylic acids is 1. The highest BCUT2D eigenvalue weighted by Crippen LogP contribution is 2.51. The standard InChI is InChI=1S/C23H31NO7SSi/c1-13(31-33(5,6)23(2,3)4)17-19(26)24-18(21(27)28)16(32-20(17)24)12-30-22(29)15-9-7-14(11-25)8-10-15/h7-10,13,17,20,25H,11-12H2,1-6H3,(H,27,28)/t13-,17+,20-/m1/s1. The number of nitrogens with zero attached hydrogens (tertiary/aromatic N) is 1. The van der Waals surface area contributed by atoms with Crippen LogP contribution < -0.4 is 0 Å². The van der Waals surface area contributed by atoms with Crippen LogP contribution >= 0.6 is 11.8 Å². The maximum atomic E-state index is 12.9. The molecule has 0 spiro atoms. The fraction of sp³-hybridized carbons (Fsp3) is 0.522. The molecule has 0 saturated carbocycles. The van der Waals surface area contributed by atoms with E-state index in [1.807, 2.05) is 6.92 Å². The van der Waals surface area contributed by atoms with Gasteiger partial charge in [-0.2, -0.15) is 0 Å². The Labute approximate surface area is 199 Å². The number of ether oxygens (including phenoxy) is 1. The number of benzene rings is 1. The first kappa shape index (κ1) is 25.5. The van der Waals surface area contributed by atoms with Crippen molar-refractivity contribution in [3.05, 3.63) is 46.0 Å². The van der Waals surface area contributed by atoms with Gasteiger partial charge in [-0.1, -0.05) is 44.7 Å². The Hall–Kier alpha value is -2.14. The van der Waals surface area contributed by atoms with Crippen molar-refractivity contribution < 1.29 is 33.8 Å². The monoisotopic (exact) mass is 493 g/mol. The van der Waals surface area contributed by atoms with Gasteiger partial charge in [0, 0.05) is 0 Å². The lowest BCUT2D eigenvalue weighted by Crippen LogP contribution is -2.62. The summed E-state index contributed by atoms with van der Waals surface area (Å²) in [5, 5.41) is 18.4. The highest BCUT2D eigenvalue weighted by molar-refractivity contribution is 8.04. The van der Waals surface area contributed by atoms with Gasteiger partial charge in [0.1, 0.15) is 17.7 Å². The van der Waals surface area contributed by atoms with Crippen LogP contribution in [0.3, 0.4) is 0 Å². The molecule has 1 aromatic carbocycles. The minimum absolute atomic E-state index is 0.0181. The first-order valence-electron chi connectivity index (χ1n) is 10.8. The minimum Gasteiger partial charge on any atom is -0.477 e. The Morgan fingerprint density at radius 2 is 1.82 bits per heavy atom. The fourth-order valence-corrected chi connectivity index (χ4v) is 6.56. The zero-order valence-electron chi connectivity index (χ0n) is 19.7. The number of aliphatic hydroxyl groups is 1. The second-order valence-electron chi connectivity index (χ2n) is 9.83. The number of rotatable bonds is 8. The van der Waals surface area contributed by atoms with Gasteiger partial charge in [-0.05, 0) is 42.8 Å². The number of carbonyl (C=O) groups excluding carboxylic acids is 2. The zero-order chi connectivity index (χ0) is 24.7. The van der Waals surface area contributed by atoms with Crippen molar-refractivity contribution in [2.75, 3.05) is 6.61 Å². The van der Waals surface area contributed by atoms with Crippen molar-refractivity contribution in [3.8, 4) is 0 Å². The van der Waals surface area contributed by atoms with Crippen LogP contribution in [-0.2, 0) is 25.4 Å². The van der Waals surface area contributed by atoms with Crippen molar-refractivity contribution in [2.24, 2.45) is 5.92 Å². The second-order valence-corrected chi connectivity index (χ2v) is 15.8. The van der Waals surface area contributed by atoms with Gasteiger partial charge >= 0.3 is 11.9 Å². The van der Waals surface area contributed by atoms with E-state index in [0.29, 0.717) is 16.0 Å². The van der Waals surface area contributed by atoms with Crippen molar-refractivity contribution in [1.29, 1.82) is 0 Å². The van der Waals surface area contributed by atoms with Crippen molar-refractivity contribution >= 4 is 37.9 Å². The molecule has 2 heterocycles. The smallest absolute Gasteiger partial charge is 0.353 e. The molecule has 0 radical (unpaired) electrons. The molecule has 0 unspecified atom stereocenters. The number of amides is 1. The van der Waals surface area contributed by atoms with Gasteiger partial charge in [-0.3, -0.25) is 9.69 Å². The predicted molar refractivity (Wildman–Crippen MR) is 127 cm³/mol. The molecule has 2 N–H and O–H groups in total. The number of thioether (sulfide) groups is 1. The van der Waals surface area contributed by atoms with E-state index >= 15 is 0 Å². The van der Waals surface area contributed by atoms with Crippen LogP contribution in [-0.4, -0.2) is 59.4 Å². The lowest BCUT2D eigenvalue weighted by molar-refractivity contribution is -0.156. The highest BCUT2D eigenvalue weighted by Gasteiger charge is 2.59. The molecule has 0 aromatic heterocycles. The highest BCUT2D eigenvalue weighted by atomic mass is 32.2. The SMILES string of the molecule is C[C@@H](O[Si](C)(C)C(C)(C)C)[C@H]1C(=O)N2C(C(=O)O)=C(COC(=O)c3ccc(CO)cc3)S[C@H]12. The Morgan fingerprint density at radius 3 is 2.33 bits per heavy atom. The molecule has 8 nitrogen and oxygen atoms in total. The summed E-state index contributed by atoms with van der Waals surface area (Å²) in [6.07, 6.45) is -0.353. The Kier molecular flexibility index (Phi) is 7.14. The maximum Gasteiger partial charge on any atom is 0.353 e. The number of hydrogen-bond donors (Lipinski definition) is 2. The quantitative estimate of drug-likeness (QED) is 0.321. The summed E-state index contributed by atoms with van der Waals surface area (Å²) >= 11 is 1.24. The molecule has 1 amide bonds. The number of hydrogen-bond acceptors (Lipinski definition) is 7. The number of carboxylic acids is 1. The number of carbonyl (C=O) groups is 3. The van der Waals surface area contributed by atoms with Crippen LogP contribution in [0.25, 0.3) is 0 Å². The van der Waals surface area contributed by atoms with E-state index in [4.69, 9.17) is 14.3 Å². The fourth-order valence-electron chi connectivity index (χ4n) is 3.62. The number of β-lactam (4-membered cyclic amide) rings is 1. The number of carboxylic acid groups (broad SMARTS) is 1. The molecule has 3 atom stereocenters. The lowest BCUT2D eigenvalue weighted by Gasteiger charge is -2.48. The number of fused-ring (bicyclic) bond motifs is 1. The topological polar surface area (TPSA) is 113 Å². The first-order chi connectivity index (χ1) is 15.3. The molecule has 2 aliphatic rings. The Bertz CT molecular complexity index is 984. The third-order valence-electron chi connectivity index (χ3n) is 6.55. The van der Waals surface area contributed by atoms with Gasteiger partial charge in [0.15, 0.2) is 8.32 Å². The summed E-state index contributed by atoms with van der Waals surface area (Å²) in [5.74, 6) is -2.58. The molecule has 0 bridgehead atoms. The van der Waals surface area contributed by atoms with Gasteiger partial charge in [0.05, 0.1) is 29.1 Å². The molecule has 3 rings (SSSR count). The zero-order valence-corrected chi connectivity index (χ0v) is 21.6. The summed E-state index contributed by atoms with van der Waals surface area (Å²) in [4.78, 5) is 38.8. The molecule has 33 heavy (non-hydrogen) atoms. The van der Waals surface area contributed by atoms with E-state index < -0.39 is 26.2 Å². The third kappa shape index (κ3) is 4.89. The minimum atomic E-state index is -2.11. The molecular formula is C23H31NO7SSi. The molecule has 0 aliphatic carbocycles. The van der Waals surface area contributed by atoms with Crippen molar-refractivity contribution in [3.63, 3.8) is 0 Å². The number of esters is 1. The van der Waals surface area contributed by atoms with E-state index in [-0.39, 0.29) is 41.3 Å². The van der Waals surface area contributed by atoms with Gasteiger partial charge < -0.3 is 19.4 Å². The van der Waals surface area contributed by atoms with Crippen LogP contribution in [0, 0.1) is 5.92 Å². The Balaban J connectivity index is 1.70. The van der Waals surface area contributed by atoms with E-state index in [9.17, 15) is 19.5 Å². The van der Waals surface area contributed by atoms with E-state index in [2.05, 4.69) is 33.9 Å². The molecule has 180 valence electrons. The molecular weight excluding hydrogens is 462 g/mol. The van der Waals surface area contributed by atoms with E-state index in [1.54, 1.807) is 12.1 Å². The van der Waals surface area contributed by atoms with Gasteiger partial charge in [0.2, 0.25) is 5.91 Å². The summed E-state index contributed by atoms with van der Waals surface area (Å²) in [5.41, 5.74) is 0.826. The summed E-state index contributed by atoms with van der Waals surface area (Å²) in [6.45, 7) is 12.1. The average Bonchev–Trinajstić information content (AvgIpc) is 3.05. The van der Waals surface area contributed by atoms with E-state index in [0.717, 1.165) is 0 Å². The van der Waals surface area contributed by atoms with Crippen LogP contribution in [0.1, 0.15) is 43.6 Å². The largest absolute Gasteiger partial charge is 0.477 e. The first-order valence-corrected chi connectivity index (χ1v) is 14.6. The third-order valence-corrected chi connectivity index (χ3v) is 12.5. The van der Waals surface area contributed by atoms with Gasteiger partial charge in [-0.15, -0.1) is 0 Å². The van der Waals surface area contributed by atoms with Crippen molar-refractivity contribution in [1.82, 2.24) is 4.90 Å². The second kappa shape index (κ2) is 9.25. The van der Waals surface area contributed by atoms with Crippen LogP contribution in [0.2, 0.25) is 18.1 Å². The molecule has 1 fully saturated rings. The van der Waals surface area contributed by atoms with Crippen LogP contribution in [0.15, 0.2) is 34.9 Å². The summed E-state index contributed by atoms with van der Waals surface area (Å²) in [6, 6.07) is 6.30. The molecule has 1 aromatic rings. The van der Waals surface area contributed by atoms with Crippen LogP contribution in [0.5, 0.6) is 0 Å². The molecule has 10 heteroatoms.